The zero-order valence-electron chi connectivity index (χ0n) is 13.7. The molecular formula is C18H23ClN2O3. The lowest BCUT2D eigenvalue weighted by Gasteiger charge is -2.39. The predicted octanol–water partition coefficient (Wildman–Crippen LogP) is 2.88. The van der Waals surface area contributed by atoms with Crippen LogP contribution in [0.2, 0.25) is 5.02 Å². The Hall–Kier alpha value is -1.75. The maximum absolute atomic E-state index is 12.8. The van der Waals surface area contributed by atoms with E-state index in [1.165, 1.54) is 0 Å². The first-order chi connectivity index (χ1) is 11.6. The van der Waals surface area contributed by atoms with Crippen LogP contribution in [0.15, 0.2) is 24.3 Å². The van der Waals surface area contributed by atoms with E-state index in [1.54, 1.807) is 0 Å². The Morgan fingerprint density at radius 2 is 1.54 bits per heavy atom. The minimum Gasteiger partial charge on any atom is -0.481 e. The third-order valence-corrected chi connectivity index (χ3v) is 5.44. The summed E-state index contributed by atoms with van der Waals surface area (Å²) in [7, 11) is 0. The number of carbonyl (C=O) groups excluding carboxylic acids is 1. The highest BCUT2D eigenvalue weighted by Gasteiger charge is 2.38. The Labute approximate surface area is 147 Å². The third kappa shape index (κ3) is 3.66. The van der Waals surface area contributed by atoms with E-state index in [0.717, 1.165) is 31.6 Å². The summed E-state index contributed by atoms with van der Waals surface area (Å²) < 4.78 is 0. The van der Waals surface area contributed by atoms with Gasteiger partial charge in [0.15, 0.2) is 0 Å². The molecule has 0 spiro atoms. The van der Waals surface area contributed by atoms with Crippen LogP contribution < -0.4 is 4.90 Å². The predicted molar refractivity (Wildman–Crippen MR) is 93.3 cm³/mol. The molecule has 130 valence electrons. The van der Waals surface area contributed by atoms with Crippen molar-refractivity contribution in [3.63, 3.8) is 0 Å². The van der Waals surface area contributed by atoms with Gasteiger partial charge in [-0.15, -0.1) is 0 Å². The number of amides is 1. The lowest BCUT2D eigenvalue weighted by atomic mass is 9.78. The fourth-order valence-corrected chi connectivity index (χ4v) is 3.92. The molecule has 1 aromatic rings. The molecule has 1 amide bonds. The lowest BCUT2D eigenvalue weighted by Crippen LogP contribution is -2.52. The summed E-state index contributed by atoms with van der Waals surface area (Å²) in [5.74, 6) is -1.66. The highest BCUT2D eigenvalue weighted by molar-refractivity contribution is 6.30. The molecule has 2 fully saturated rings. The van der Waals surface area contributed by atoms with Gasteiger partial charge >= 0.3 is 5.97 Å². The van der Waals surface area contributed by atoms with Crippen LogP contribution in [0.4, 0.5) is 5.69 Å². The maximum Gasteiger partial charge on any atom is 0.307 e. The van der Waals surface area contributed by atoms with E-state index < -0.39 is 11.9 Å². The Morgan fingerprint density at radius 3 is 2.12 bits per heavy atom. The van der Waals surface area contributed by atoms with Crippen LogP contribution in [0.3, 0.4) is 0 Å². The van der Waals surface area contributed by atoms with Gasteiger partial charge in [0, 0.05) is 36.9 Å². The van der Waals surface area contributed by atoms with Crippen molar-refractivity contribution < 1.29 is 14.7 Å². The molecule has 0 radical (unpaired) electrons. The highest BCUT2D eigenvalue weighted by atomic mass is 35.5. The minimum atomic E-state index is -0.826. The summed E-state index contributed by atoms with van der Waals surface area (Å²) in [6, 6.07) is 7.71. The van der Waals surface area contributed by atoms with Gasteiger partial charge in [-0.25, -0.2) is 0 Å². The molecule has 1 N–H and O–H groups in total. The Bertz CT molecular complexity index is 597. The smallest absolute Gasteiger partial charge is 0.307 e. The number of aliphatic carboxylic acids is 1. The van der Waals surface area contributed by atoms with E-state index in [2.05, 4.69) is 4.90 Å². The lowest BCUT2D eigenvalue weighted by molar-refractivity contribution is -0.152. The van der Waals surface area contributed by atoms with Crippen LogP contribution >= 0.6 is 11.6 Å². The van der Waals surface area contributed by atoms with Gasteiger partial charge in [0.2, 0.25) is 5.91 Å². The summed E-state index contributed by atoms with van der Waals surface area (Å²) in [5, 5.41) is 10.1. The standard InChI is InChI=1S/C18H23ClN2O3/c19-13-5-7-14(8-6-13)20-9-11-21(12-10-20)17(22)15-3-1-2-4-16(15)18(23)24/h5-8,15-16H,1-4,9-12H2,(H,23,24)/t15-,16+/m0/s1. The molecule has 2 atom stereocenters. The quantitative estimate of drug-likeness (QED) is 0.910. The first kappa shape index (κ1) is 17.1. The van der Waals surface area contributed by atoms with Gasteiger partial charge in [0.1, 0.15) is 0 Å². The third-order valence-electron chi connectivity index (χ3n) is 5.18. The van der Waals surface area contributed by atoms with Crippen molar-refractivity contribution in [2.75, 3.05) is 31.1 Å². The molecule has 2 aliphatic rings. The summed E-state index contributed by atoms with van der Waals surface area (Å²) in [4.78, 5) is 28.3. The first-order valence-electron chi connectivity index (χ1n) is 8.58. The zero-order chi connectivity index (χ0) is 17.1. The molecule has 1 saturated heterocycles. The van der Waals surface area contributed by atoms with Gasteiger partial charge in [0.05, 0.1) is 11.8 Å². The Morgan fingerprint density at radius 1 is 0.958 bits per heavy atom. The second kappa shape index (κ2) is 7.43. The number of carboxylic acids is 1. The fraction of sp³-hybridized carbons (Fsp3) is 0.556. The number of halogens is 1. The van der Waals surface area contributed by atoms with Gasteiger partial charge in [-0.1, -0.05) is 24.4 Å². The molecule has 5 nitrogen and oxygen atoms in total. The highest BCUT2D eigenvalue weighted by Crippen LogP contribution is 2.32. The monoisotopic (exact) mass is 350 g/mol. The number of piperazine rings is 1. The van der Waals surface area contributed by atoms with E-state index in [4.69, 9.17) is 11.6 Å². The SMILES string of the molecule is O=C(O)[C@@H]1CCCC[C@@H]1C(=O)N1CCN(c2ccc(Cl)cc2)CC1. The van der Waals surface area contributed by atoms with E-state index in [1.807, 2.05) is 29.2 Å². The van der Waals surface area contributed by atoms with Crippen molar-refractivity contribution >= 4 is 29.2 Å². The van der Waals surface area contributed by atoms with E-state index in [0.29, 0.717) is 31.0 Å². The van der Waals surface area contributed by atoms with Crippen LogP contribution in [0.5, 0.6) is 0 Å². The van der Waals surface area contributed by atoms with Gasteiger partial charge in [-0.05, 0) is 37.1 Å². The molecule has 1 saturated carbocycles. The van der Waals surface area contributed by atoms with Crippen molar-refractivity contribution in [2.45, 2.75) is 25.7 Å². The Kier molecular flexibility index (Phi) is 5.29. The molecule has 1 aliphatic heterocycles. The molecule has 1 heterocycles. The van der Waals surface area contributed by atoms with E-state index in [-0.39, 0.29) is 11.8 Å². The van der Waals surface area contributed by atoms with Gasteiger partial charge in [-0.2, -0.15) is 0 Å². The molecule has 1 aliphatic carbocycles. The number of carboxylic acid groups (broad SMARTS) is 1. The maximum atomic E-state index is 12.8. The zero-order valence-corrected chi connectivity index (χ0v) is 14.4. The molecular weight excluding hydrogens is 328 g/mol. The van der Waals surface area contributed by atoms with Crippen molar-refractivity contribution in [1.29, 1.82) is 0 Å². The summed E-state index contributed by atoms with van der Waals surface area (Å²) in [6.07, 6.45) is 3.18. The number of hydrogen-bond acceptors (Lipinski definition) is 3. The summed E-state index contributed by atoms with van der Waals surface area (Å²) in [5.41, 5.74) is 1.10. The van der Waals surface area contributed by atoms with Crippen LogP contribution in [0, 0.1) is 11.8 Å². The van der Waals surface area contributed by atoms with E-state index >= 15 is 0 Å². The van der Waals surface area contributed by atoms with Crippen LogP contribution in [-0.2, 0) is 9.59 Å². The van der Waals surface area contributed by atoms with Gasteiger partial charge in [0.25, 0.3) is 0 Å². The number of hydrogen-bond donors (Lipinski definition) is 1. The van der Waals surface area contributed by atoms with Crippen molar-refractivity contribution in [1.82, 2.24) is 4.90 Å². The summed E-state index contributed by atoms with van der Waals surface area (Å²) >= 11 is 5.92. The Balaban J connectivity index is 1.60. The largest absolute Gasteiger partial charge is 0.481 e. The topological polar surface area (TPSA) is 60.9 Å². The molecule has 0 aromatic heterocycles. The number of rotatable bonds is 3. The molecule has 0 unspecified atom stereocenters. The second-order valence-corrected chi connectivity index (χ2v) is 7.06. The van der Waals surface area contributed by atoms with Gasteiger partial charge in [-0.3, -0.25) is 9.59 Å². The molecule has 3 rings (SSSR count). The second-order valence-electron chi connectivity index (χ2n) is 6.62. The average Bonchev–Trinajstić information content (AvgIpc) is 2.62. The molecule has 6 heteroatoms. The number of carbonyl (C=O) groups is 2. The molecule has 0 bridgehead atoms. The van der Waals surface area contributed by atoms with Crippen LogP contribution in [0.1, 0.15) is 25.7 Å². The first-order valence-corrected chi connectivity index (χ1v) is 8.96. The number of benzene rings is 1. The van der Waals surface area contributed by atoms with Crippen LogP contribution in [-0.4, -0.2) is 48.1 Å². The molecule has 1 aromatic carbocycles. The molecule has 24 heavy (non-hydrogen) atoms. The van der Waals surface area contributed by atoms with Gasteiger partial charge < -0.3 is 14.9 Å². The normalized spacial score (nSPS) is 24.7. The fourth-order valence-electron chi connectivity index (χ4n) is 3.79. The van der Waals surface area contributed by atoms with Crippen molar-refractivity contribution in [2.24, 2.45) is 11.8 Å². The average molecular weight is 351 g/mol. The number of anilines is 1. The minimum absolute atomic E-state index is 0.0258. The number of nitrogens with zero attached hydrogens (tertiary/aromatic N) is 2. The van der Waals surface area contributed by atoms with Crippen molar-refractivity contribution in [3.05, 3.63) is 29.3 Å². The van der Waals surface area contributed by atoms with Crippen molar-refractivity contribution in [3.8, 4) is 0 Å². The summed E-state index contributed by atoms with van der Waals surface area (Å²) in [6.45, 7) is 2.81. The van der Waals surface area contributed by atoms with Crippen LogP contribution in [0.25, 0.3) is 0 Å². The van der Waals surface area contributed by atoms with E-state index in [9.17, 15) is 14.7 Å².